The van der Waals surface area contributed by atoms with Gasteiger partial charge in [-0.2, -0.15) is 0 Å². The van der Waals surface area contributed by atoms with Gasteiger partial charge in [-0.3, -0.25) is 9.69 Å². The zero-order valence-corrected chi connectivity index (χ0v) is 10.7. The highest BCUT2D eigenvalue weighted by Crippen LogP contribution is 2.44. The van der Waals surface area contributed by atoms with Crippen LogP contribution in [0.15, 0.2) is 0 Å². The minimum Gasteiger partial charge on any atom is -0.480 e. The SMILES string of the molecule is NC1(C(=O)O)CCN(C2CCOC3(CCC3)C2)C1. The molecule has 1 aliphatic carbocycles. The summed E-state index contributed by atoms with van der Waals surface area (Å²) in [6.07, 6.45) is 6.24. The fourth-order valence-electron chi connectivity index (χ4n) is 3.58. The van der Waals surface area contributed by atoms with Gasteiger partial charge in [0, 0.05) is 25.7 Å². The van der Waals surface area contributed by atoms with Crippen molar-refractivity contribution in [1.29, 1.82) is 0 Å². The van der Waals surface area contributed by atoms with Gasteiger partial charge in [-0.1, -0.05) is 0 Å². The first-order chi connectivity index (χ1) is 8.53. The van der Waals surface area contributed by atoms with E-state index >= 15 is 0 Å². The van der Waals surface area contributed by atoms with Crippen molar-refractivity contribution in [2.24, 2.45) is 5.73 Å². The van der Waals surface area contributed by atoms with Crippen LogP contribution in [0, 0.1) is 0 Å². The molecule has 2 saturated heterocycles. The third kappa shape index (κ3) is 1.94. The Morgan fingerprint density at radius 3 is 2.72 bits per heavy atom. The molecule has 0 radical (unpaired) electrons. The van der Waals surface area contributed by atoms with E-state index in [0.29, 0.717) is 19.0 Å². The molecule has 0 bridgehead atoms. The molecular weight excluding hydrogens is 232 g/mol. The maximum atomic E-state index is 11.2. The Kier molecular flexibility index (Phi) is 2.88. The Morgan fingerprint density at radius 1 is 1.39 bits per heavy atom. The molecule has 5 nitrogen and oxygen atoms in total. The third-order valence-electron chi connectivity index (χ3n) is 5.00. The number of hydrogen-bond acceptors (Lipinski definition) is 4. The highest BCUT2D eigenvalue weighted by atomic mass is 16.5. The van der Waals surface area contributed by atoms with Gasteiger partial charge in [-0.15, -0.1) is 0 Å². The smallest absolute Gasteiger partial charge is 0.325 e. The summed E-state index contributed by atoms with van der Waals surface area (Å²) >= 11 is 0. The summed E-state index contributed by atoms with van der Waals surface area (Å²) in [7, 11) is 0. The molecule has 3 aliphatic rings. The summed E-state index contributed by atoms with van der Waals surface area (Å²) in [5.41, 5.74) is 5.02. The molecule has 0 aromatic heterocycles. The summed E-state index contributed by atoms with van der Waals surface area (Å²) in [4.78, 5) is 13.4. The number of ether oxygens (including phenoxy) is 1. The average Bonchev–Trinajstić information content (AvgIpc) is 2.72. The Balaban J connectivity index is 1.64. The molecule has 3 fully saturated rings. The molecule has 3 N–H and O–H groups in total. The molecule has 3 rings (SSSR count). The van der Waals surface area contributed by atoms with Gasteiger partial charge < -0.3 is 15.6 Å². The summed E-state index contributed by atoms with van der Waals surface area (Å²) in [5.74, 6) is -0.865. The summed E-state index contributed by atoms with van der Waals surface area (Å²) in [6, 6.07) is 0.462. The molecule has 0 aromatic carbocycles. The molecule has 2 atom stereocenters. The number of hydrogen-bond donors (Lipinski definition) is 2. The lowest BCUT2D eigenvalue weighted by molar-refractivity contribution is -0.149. The highest BCUT2D eigenvalue weighted by molar-refractivity contribution is 5.79. The molecule has 0 aromatic rings. The molecule has 2 unspecified atom stereocenters. The number of rotatable bonds is 2. The van der Waals surface area contributed by atoms with E-state index in [9.17, 15) is 9.90 Å². The minimum absolute atomic E-state index is 0.117. The topological polar surface area (TPSA) is 75.8 Å². The molecule has 1 saturated carbocycles. The van der Waals surface area contributed by atoms with Crippen molar-refractivity contribution >= 4 is 5.97 Å². The predicted octanol–water partition coefficient (Wildman–Crippen LogP) is 0.576. The average molecular weight is 254 g/mol. The van der Waals surface area contributed by atoms with Gasteiger partial charge in [0.15, 0.2) is 0 Å². The number of carbonyl (C=O) groups is 1. The van der Waals surface area contributed by atoms with Crippen LogP contribution in [0.25, 0.3) is 0 Å². The third-order valence-corrected chi connectivity index (χ3v) is 5.00. The lowest BCUT2D eigenvalue weighted by Gasteiger charge is -2.49. The molecule has 0 amide bonds. The minimum atomic E-state index is -1.04. The number of carboxylic acid groups (broad SMARTS) is 1. The number of carboxylic acids is 1. The Labute approximate surface area is 107 Å². The fraction of sp³-hybridized carbons (Fsp3) is 0.923. The lowest BCUT2D eigenvalue weighted by atomic mass is 9.73. The Hall–Kier alpha value is -0.650. The van der Waals surface area contributed by atoms with E-state index in [1.54, 1.807) is 0 Å². The van der Waals surface area contributed by atoms with Crippen LogP contribution in [0.2, 0.25) is 0 Å². The summed E-state index contributed by atoms with van der Waals surface area (Å²) < 4.78 is 5.92. The van der Waals surface area contributed by atoms with Gasteiger partial charge >= 0.3 is 5.97 Å². The van der Waals surface area contributed by atoms with E-state index in [1.165, 1.54) is 19.3 Å². The zero-order valence-electron chi connectivity index (χ0n) is 10.7. The first-order valence-electron chi connectivity index (χ1n) is 6.93. The first kappa shape index (κ1) is 12.4. The van der Waals surface area contributed by atoms with Gasteiger partial charge in [-0.25, -0.2) is 0 Å². The van der Waals surface area contributed by atoms with Crippen molar-refractivity contribution in [3.8, 4) is 0 Å². The van der Waals surface area contributed by atoms with Crippen LogP contribution in [0.3, 0.4) is 0 Å². The van der Waals surface area contributed by atoms with Gasteiger partial charge in [-0.05, 0) is 38.5 Å². The molecule has 2 aliphatic heterocycles. The van der Waals surface area contributed by atoms with E-state index < -0.39 is 11.5 Å². The van der Waals surface area contributed by atoms with Gasteiger partial charge in [0.2, 0.25) is 0 Å². The van der Waals surface area contributed by atoms with E-state index in [1.807, 2.05) is 0 Å². The van der Waals surface area contributed by atoms with Crippen LogP contribution >= 0.6 is 0 Å². The summed E-state index contributed by atoms with van der Waals surface area (Å²) in [6.45, 7) is 2.11. The zero-order chi connectivity index (χ0) is 12.8. The van der Waals surface area contributed by atoms with Crippen LogP contribution in [0.1, 0.15) is 38.5 Å². The van der Waals surface area contributed by atoms with E-state index in [2.05, 4.69) is 4.90 Å². The van der Waals surface area contributed by atoms with Crippen molar-refractivity contribution in [1.82, 2.24) is 4.90 Å². The number of aliphatic carboxylic acids is 1. The number of likely N-dealkylation sites (tertiary alicyclic amines) is 1. The monoisotopic (exact) mass is 254 g/mol. The predicted molar refractivity (Wildman–Crippen MR) is 66.3 cm³/mol. The van der Waals surface area contributed by atoms with Crippen molar-refractivity contribution in [2.75, 3.05) is 19.7 Å². The van der Waals surface area contributed by atoms with Crippen molar-refractivity contribution in [2.45, 2.75) is 55.7 Å². The van der Waals surface area contributed by atoms with Gasteiger partial charge in [0.25, 0.3) is 0 Å². The van der Waals surface area contributed by atoms with Crippen LogP contribution in [-0.4, -0.2) is 52.9 Å². The van der Waals surface area contributed by atoms with Crippen LogP contribution < -0.4 is 5.73 Å². The van der Waals surface area contributed by atoms with Crippen molar-refractivity contribution < 1.29 is 14.6 Å². The molecule has 18 heavy (non-hydrogen) atoms. The van der Waals surface area contributed by atoms with E-state index in [4.69, 9.17) is 10.5 Å². The molecular formula is C13H22N2O3. The second-order valence-corrected chi connectivity index (χ2v) is 6.21. The second kappa shape index (κ2) is 4.18. The molecule has 2 heterocycles. The van der Waals surface area contributed by atoms with Crippen LogP contribution in [0.4, 0.5) is 0 Å². The van der Waals surface area contributed by atoms with Crippen LogP contribution in [-0.2, 0) is 9.53 Å². The Bertz CT molecular complexity index is 356. The highest BCUT2D eigenvalue weighted by Gasteiger charge is 2.48. The number of nitrogens with two attached hydrogens (primary N) is 1. The Morgan fingerprint density at radius 2 is 2.17 bits per heavy atom. The molecule has 5 heteroatoms. The molecule has 102 valence electrons. The summed E-state index contributed by atoms with van der Waals surface area (Å²) in [5, 5.41) is 9.17. The van der Waals surface area contributed by atoms with Gasteiger partial charge in [0.05, 0.1) is 5.60 Å². The first-order valence-corrected chi connectivity index (χ1v) is 6.93. The van der Waals surface area contributed by atoms with E-state index in [-0.39, 0.29) is 5.60 Å². The van der Waals surface area contributed by atoms with Crippen molar-refractivity contribution in [3.05, 3.63) is 0 Å². The lowest BCUT2D eigenvalue weighted by Crippen LogP contribution is -2.54. The van der Waals surface area contributed by atoms with Crippen molar-refractivity contribution in [3.63, 3.8) is 0 Å². The maximum absolute atomic E-state index is 11.2. The van der Waals surface area contributed by atoms with Crippen LogP contribution in [0.5, 0.6) is 0 Å². The second-order valence-electron chi connectivity index (χ2n) is 6.21. The standard InChI is InChI=1S/C13H22N2O3/c14-13(11(16)17)5-6-15(9-13)10-2-7-18-12(8-10)3-1-4-12/h10H,1-9,14H2,(H,16,17). The number of nitrogens with zero attached hydrogens (tertiary/aromatic N) is 1. The fourth-order valence-corrected chi connectivity index (χ4v) is 3.58. The quantitative estimate of drug-likeness (QED) is 0.753. The normalized spacial score (nSPS) is 39.7. The van der Waals surface area contributed by atoms with Gasteiger partial charge in [0.1, 0.15) is 5.54 Å². The molecule has 1 spiro atoms. The largest absolute Gasteiger partial charge is 0.480 e. The maximum Gasteiger partial charge on any atom is 0.325 e. The van der Waals surface area contributed by atoms with E-state index in [0.717, 1.165) is 26.0 Å².